The Morgan fingerprint density at radius 3 is 2.50 bits per heavy atom. The van der Waals surface area contributed by atoms with Crippen LogP contribution in [0, 0.1) is 0 Å². The first kappa shape index (κ1) is 22.5. The molecule has 0 atom stereocenters. The number of anilines is 1. The fourth-order valence-corrected chi connectivity index (χ4v) is 5.00. The number of hydrogen-bond acceptors (Lipinski definition) is 5. The average molecular weight is 431 g/mol. The Bertz CT molecular complexity index is 922. The molecule has 1 heterocycles. The van der Waals surface area contributed by atoms with Crippen molar-refractivity contribution in [3.05, 3.63) is 53.4 Å². The van der Waals surface area contributed by atoms with Crippen molar-refractivity contribution in [2.45, 2.75) is 44.2 Å². The number of nitrogens with one attached hydrogen (secondary N) is 1. The van der Waals surface area contributed by atoms with Crippen LogP contribution in [0.1, 0.15) is 54.8 Å². The van der Waals surface area contributed by atoms with Crippen LogP contribution in [-0.4, -0.2) is 29.9 Å². The van der Waals surface area contributed by atoms with Crippen LogP contribution in [-0.2, 0) is 31.6 Å². The van der Waals surface area contributed by atoms with Gasteiger partial charge in [0, 0.05) is 50.2 Å². The van der Waals surface area contributed by atoms with Crippen LogP contribution in [0.5, 0.6) is 0 Å². The number of carbonyl (C=O) groups is 1. The maximum atomic E-state index is 12.4. The van der Waals surface area contributed by atoms with Gasteiger partial charge in [0.15, 0.2) is 0 Å². The zero-order chi connectivity index (χ0) is 21.6. The van der Waals surface area contributed by atoms with Gasteiger partial charge in [-0.05, 0) is 36.6 Å². The zero-order valence-corrected chi connectivity index (χ0v) is 18.7. The smallest absolute Gasteiger partial charge is 0.323 e. The molecule has 0 aliphatic heterocycles. The number of nitrogens with zero attached hydrogens (tertiary/aromatic N) is 2. The van der Waals surface area contributed by atoms with E-state index in [-0.39, 0.29) is 12.1 Å². The molecule has 1 fully saturated rings. The molecule has 1 aliphatic rings. The minimum atomic E-state index is -3.11. The fraction of sp³-hybridized carbons (Fsp3) is 0.455. The van der Waals surface area contributed by atoms with Gasteiger partial charge in [0.2, 0.25) is 5.91 Å². The Morgan fingerprint density at radius 2 is 1.87 bits per heavy atom. The van der Waals surface area contributed by atoms with Crippen molar-refractivity contribution < 1.29 is 18.4 Å². The SMILES string of the molecule is COP(=O)(Cc1ccc(NC(=O)/C=C/c2cnn(C)c2C2CCCCC2)cc1)OC. The summed E-state index contributed by atoms with van der Waals surface area (Å²) in [6.45, 7) is 0. The summed E-state index contributed by atoms with van der Waals surface area (Å²) >= 11 is 0. The summed E-state index contributed by atoms with van der Waals surface area (Å²) in [5.41, 5.74) is 3.69. The lowest BCUT2D eigenvalue weighted by Crippen LogP contribution is -2.11. The Hall–Kier alpha value is -2.21. The van der Waals surface area contributed by atoms with E-state index in [1.807, 2.05) is 24.0 Å². The van der Waals surface area contributed by atoms with Crippen molar-refractivity contribution in [3.8, 4) is 0 Å². The minimum absolute atomic E-state index is 0.180. The number of benzene rings is 1. The predicted molar refractivity (Wildman–Crippen MR) is 118 cm³/mol. The maximum absolute atomic E-state index is 12.4. The first-order valence-electron chi connectivity index (χ1n) is 10.2. The quantitative estimate of drug-likeness (QED) is 0.464. The van der Waals surface area contributed by atoms with Crippen LogP contribution in [0.2, 0.25) is 0 Å². The third-order valence-electron chi connectivity index (χ3n) is 5.57. The molecule has 0 spiro atoms. The zero-order valence-electron chi connectivity index (χ0n) is 17.8. The van der Waals surface area contributed by atoms with E-state index in [0.717, 1.165) is 11.1 Å². The number of amides is 1. The summed E-state index contributed by atoms with van der Waals surface area (Å²) in [6.07, 6.45) is 11.5. The largest absolute Gasteiger partial charge is 0.334 e. The summed E-state index contributed by atoms with van der Waals surface area (Å²) in [4.78, 5) is 12.4. The van der Waals surface area contributed by atoms with Crippen LogP contribution in [0.25, 0.3) is 6.08 Å². The standard InChI is InChI=1S/C22H30N3O4P/c1-25-22(18-7-5-4-6-8-18)19(15-23-25)11-14-21(26)24-20-12-9-17(10-13-20)16-30(27,28-2)29-3/h9-15,18H,4-8,16H2,1-3H3,(H,24,26)/b14-11+. The molecular weight excluding hydrogens is 401 g/mol. The van der Waals surface area contributed by atoms with Crippen LogP contribution in [0.3, 0.4) is 0 Å². The van der Waals surface area contributed by atoms with E-state index in [1.165, 1.54) is 52.0 Å². The van der Waals surface area contributed by atoms with Crippen molar-refractivity contribution in [2.75, 3.05) is 19.5 Å². The molecule has 8 heteroatoms. The molecule has 1 amide bonds. The van der Waals surface area contributed by atoms with E-state index in [4.69, 9.17) is 9.05 Å². The molecule has 162 valence electrons. The molecule has 0 unspecified atom stereocenters. The number of rotatable bonds is 8. The monoisotopic (exact) mass is 431 g/mol. The normalized spacial score (nSPS) is 15.6. The highest BCUT2D eigenvalue weighted by atomic mass is 31.2. The van der Waals surface area contributed by atoms with E-state index < -0.39 is 7.60 Å². The lowest BCUT2D eigenvalue weighted by Gasteiger charge is -2.22. The Kier molecular flexibility index (Phi) is 7.64. The molecule has 2 aromatic rings. The first-order valence-corrected chi connectivity index (χ1v) is 12.0. The Balaban J connectivity index is 1.62. The van der Waals surface area contributed by atoms with E-state index in [9.17, 15) is 9.36 Å². The van der Waals surface area contributed by atoms with E-state index in [1.54, 1.807) is 30.3 Å². The highest BCUT2D eigenvalue weighted by molar-refractivity contribution is 7.52. The van der Waals surface area contributed by atoms with Gasteiger partial charge in [-0.15, -0.1) is 0 Å². The van der Waals surface area contributed by atoms with E-state index in [2.05, 4.69) is 10.4 Å². The molecule has 7 nitrogen and oxygen atoms in total. The molecule has 1 aromatic carbocycles. The van der Waals surface area contributed by atoms with Gasteiger partial charge in [-0.3, -0.25) is 14.0 Å². The van der Waals surface area contributed by atoms with Crippen LogP contribution in [0.4, 0.5) is 5.69 Å². The van der Waals surface area contributed by atoms with E-state index >= 15 is 0 Å². The van der Waals surface area contributed by atoms with Crippen molar-refractivity contribution in [1.29, 1.82) is 0 Å². The van der Waals surface area contributed by atoms with Gasteiger partial charge in [-0.25, -0.2) is 0 Å². The number of aryl methyl sites for hydroxylation is 1. The molecule has 1 aliphatic carbocycles. The fourth-order valence-electron chi connectivity index (χ4n) is 3.94. The Morgan fingerprint density at radius 1 is 1.20 bits per heavy atom. The molecule has 0 saturated heterocycles. The maximum Gasteiger partial charge on any atom is 0.334 e. The summed E-state index contributed by atoms with van der Waals surface area (Å²) < 4.78 is 24.1. The molecule has 3 rings (SSSR count). The average Bonchev–Trinajstić information content (AvgIpc) is 3.14. The summed E-state index contributed by atoms with van der Waals surface area (Å²) in [6, 6.07) is 7.14. The van der Waals surface area contributed by atoms with Crippen molar-refractivity contribution >= 4 is 25.3 Å². The summed E-state index contributed by atoms with van der Waals surface area (Å²) in [5.74, 6) is 0.303. The lowest BCUT2D eigenvalue weighted by molar-refractivity contribution is -0.111. The molecule has 1 N–H and O–H groups in total. The summed E-state index contributed by atoms with van der Waals surface area (Å²) in [7, 11) is 1.59. The molecule has 0 radical (unpaired) electrons. The van der Waals surface area contributed by atoms with Gasteiger partial charge in [-0.2, -0.15) is 5.10 Å². The molecule has 30 heavy (non-hydrogen) atoms. The third kappa shape index (κ3) is 5.69. The van der Waals surface area contributed by atoms with Gasteiger partial charge >= 0.3 is 7.60 Å². The highest BCUT2D eigenvalue weighted by Gasteiger charge is 2.22. The second-order valence-electron chi connectivity index (χ2n) is 7.60. The van der Waals surface area contributed by atoms with E-state index in [0.29, 0.717) is 11.6 Å². The van der Waals surface area contributed by atoms with Gasteiger partial charge in [0.1, 0.15) is 0 Å². The third-order valence-corrected chi connectivity index (χ3v) is 7.44. The second-order valence-corrected chi connectivity index (χ2v) is 9.87. The highest BCUT2D eigenvalue weighted by Crippen LogP contribution is 2.49. The van der Waals surface area contributed by atoms with Crippen LogP contribution in [0.15, 0.2) is 36.5 Å². The van der Waals surface area contributed by atoms with Gasteiger partial charge in [0.05, 0.1) is 12.4 Å². The molecular formula is C22H30N3O4P. The Labute approximate surface area is 178 Å². The topological polar surface area (TPSA) is 82.5 Å². The first-order chi connectivity index (χ1) is 14.4. The molecule has 1 aromatic heterocycles. The molecule has 0 bridgehead atoms. The van der Waals surface area contributed by atoms with Crippen LogP contribution < -0.4 is 5.32 Å². The minimum Gasteiger partial charge on any atom is -0.323 e. The van der Waals surface area contributed by atoms with Gasteiger partial charge < -0.3 is 14.4 Å². The number of hydrogen-bond donors (Lipinski definition) is 1. The van der Waals surface area contributed by atoms with Crippen molar-refractivity contribution in [1.82, 2.24) is 9.78 Å². The van der Waals surface area contributed by atoms with Crippen molar-refractivity contribution in [3.63, 3.8) is 0 Å². The lowest BCUT2D eigenvalue weighted by atomic mass is 9.85. The summed E-state index contributed by atoms with van der Waals surface area (Å²) in [5, 5.41) is 7.25. The predicted octanol–water partition coefficient (Wildman–Crippen LogP) is 5.11. The number of carbonyl (C=O) groups excluding carboxylic acids is 1. The van der Waals surface area contributed by atoms with Crippen LogP contribution >= 0.6 is 7.60 Å². The van der Waals surface area contributed by atoms with Gasteiger partial charge in [-0.1, -0.05) is 31.4 Å². The molecule has 1 saturated carbocycles. The second kappa shape index (κ2) is 10.2. The van der Waals surface area contributed by atoms with Gasteiger partial charge in [0.25, 0.3) is 0 Å². The number of aromatic nitrogens is 2. The van der Waals surface area contributed by atoms with Crippen molar-refractivity contribution in [2.24, 2.45) is 7.05 Å².